The van der Waals surface area contributed by atoms with E-state index in [1.807, 2.05) is 24.3 Å². The van der Waals surface area contributed by atoms with E-state index in [9.17, 15) is 5.11 Å². The van der Waals surface area contributed by atoms with Gasteiger partial charge in [0, 0.05) is 0 Å². The second-order valence-corrected chi connectivity index (χ2v) is 5.68. The fraction of sp³-hybridized carbons (Fsp3) is 0.600. The lowest BCUT2D eigenvalue weighted by Crippen LogP contribution is -2.50. The fourth-order valence-electron chi connectivity index (χ4n) is 3.15. The highest BCUT2D eigenvalue weighted by Crippen LogP contribution is 2.39. The van der Waals surface area contributed by atoms with E-state index in [0.717, 1.165) is 23.6 Å². The van der Waals surface area contributed by atoms with Gasteiger partial charge in [-0.2, -0.15) is 0 Å². The average molecular weight is 268 g/mol. The van der Waals surface area contributed by atoms with Crippen molar-refractivity contribution in [3.63, 3.8) is 0 Å². The van der Waals surface area contributed by atoms with Gasteiger partial charge in [0.05, 0.1) is 22.9 Å². The van der Waals surface area contributed by atoms with Crippen LogP contribution in [0.3, 0.4) is 0 Å². The summed E-state index contributed by atoms with van der Waals surface area (Å²) < 4.78 is 0. The number of halogens is 1. The van der Waals surface area contributed by atoms with Gasteiger partial charge in [-0.3, -0.25) is 0 Å². The van der Waals surface area contributed by atoms with Crippen LogP contribution in [-0.4, -0.2) is 17.3 Å². The van der Waals surface area contributed by atoms with E-state index in [4.69, 9.17) is 11.6 Å². The minimum absolute atomic E-state index is 0.177. The molecule has 0 radical (unpaired) electrons. The second-order valence-electron chi connectivity index (χ2n) is 5.27. The predicted octanol–water partition coefficient (Wildman–Crippen LogP) is 4.08. The molecule has 2 unspecified atom stereocenters. The largest absolute Gasteiger partial charge is 0.394 e. The molecule has 0 bridgehead atoms. The molecule has 2 N–H and O–H groups in total. The predicted molar refractivity (Wildman–Crippen MR) is 77.1 cm³/mol. The highest BCUT2D eigenvalue weighted by molar-refractivity contribution is 6.33. The molecule has 1 fully saturated rings. The zero-order valence-electron chi connectivity index (χ0n) is 11.0. The summed E-state index contributed by atoms with van der Waals surface area (Å²) in [6.07, 6.45) is 5.75. The van der Waals surface area contributed by atoms with Gasteiger partial charge in [0.25, 0.3) is 0 Å². The number of aliphatic hydroxyl groups is 1. The summed E-state index contributed by atoms with van der Waals surface area (Å²) >= 11 is 6.21. The number of para-hydroxylation sites is 1. The average Bonchev–Trinajstić information content (AvgIpc) is 2.42. The molecule has 0 spiro atoms. The lowest BCUT2D eigenvalue weighted by molar-refractivity contribution is 0.115. The first-order valence-corrected chi connectivity index (χ1v) is 7.23. The molecule has 0 amide bonds. The molecule has 1 saturated carbocycles. The first-order chi connectivity index (χ1) is 8.72. The molecule has 1 aromatic rings. The maximum atomic E-state index is 9.89. The number of hydrogen-bond donors (Lipinski definition) is 2. The van der Waals surface area contributed by atoms with Crippen LogP contribution >= 0.6 is 11.6 Å². The van der Waals surface area contributed by atoms with Gasteiger partial charge in [0.1, 0.15) is 0 Å². The van der Waals surface area contributed by atoms with E-state index < -0.39 is 0 Å². The van der Waals surface area contributed by atoms with E-state index in [0.29, 0.717) is 5.92 Å². The minimum atomic E-state index is -0.196. The zero-order valence-corrected chi connectivity index (χ0v) is 11.7. The molecule has 18 heavy (non-hydrogen) atoms. The van der Waals surface area contributed by atoms with Gasteiger partial charge < -0.3 is 10.4 Å². The maximum absolute atomic E-state index is 9.89. The van der Waals surface area contributed by atoms with Crippen LogP contribution in [-0.2, 0) is 0 Å². The molecular formula is C15H22ClNO. The Morgan fingerprint density at radius 2 is 2.17 bits per heavy atom. The van der Waals surface area contributed by atoms with E-state index in [1.54, 1.807) is 0 Å². The number of nitrogens with one attached hydrogen (secondary N) is 1. The van der Waals surface area contributed by atoms with Crippen molar-refractivity contribution >= 4 is 17.3 Å². The molecule has 1 aliphatic carbocycles. The van der Waals surface area contributed by atoms with Crippen LogP contribution in [0.1, 0.15) is 39.0 Å². The smallest absolute Gasteiger partial charge is 0.0664 e. The molecule has 0 aliphatic heterocycles. The quantitative estimate of drug-likeness (QED) is 0.861. The van der Waals surface area contributed by atoms with Crippen molar-refractivity contribution in [3.05, 3.63) is 29.3 Å². The summed E-state index contributed by atoms with van der Waals surface area (Å²) in [6, 6.07) is 7.78. The maximum Gasteiger partial charge on any atom is 0.0664 e. The topological polar surface area (TPSA) is 32.3 Å². The molecule has 0 aromatic heterocycles. The monoisotopic (exact) mass is 267 g/mol. The lowest BCUT2D eigenvalue weighted by Gasteiger charge is -2.44. The minimum Gasteiger partial charge on any atom is -0.394 e. The summed E-state index contributed by atoms with van der Waals surface area (Å²) in [6.45, 7) is 2.38. The van der Waals surface area contributed by atoms with Crippen molar-refractivity contribution in [3.8, 4) is 0 Å². The highest BCUT2D eigenvalue weighted by Gasteiger charge is 2.39. The summed E-state index contributed by atoms with van der Waals surface area (Å²) in [7, 11) is 0. The van der Waals surface area contributed by atoms with E-state index in [2.05, 4.69) is 12.2 Å². The summed E-state index contributed by atoms with van der Waals surface area (Å²) in [4.78, 5) is 0. The van der Waals surface area contributed by atoms with Crippen molar-refractivity contribution in [1.82, 2.24) is 0 Å². The third-order valence-electron chi connectivity index (χ3n) is 4.24. The Labute approximate surface area is 114 Å². The van der Waals surface area contributed by atoms with Crippen molar-refractivity contribution in [2.75, 3.05) is 11.9 Å². The van der Waals surface area contributed by atoms with Crippen LogP contribution in [0.15, 0.2) is 24.3 Å². The number of anilines is 1. The highest BCUT2D eigenvalue weighted by atomic mass is 35.5. The SMILES string of the molecule is CCC1CCCCC1(CO)Nc1ccccc1Cl. The number of aliphatic hydroxyl groups excluding tert-OH is 1. The third kappa shape index (κ3) is 2.65. The Bertz CT molecular complexity index is 396. The molecule has 1 aromatic carbocycles. The van der Waals surface area contributed by atoms with Crippen LogP contribution in [0.2, 0.25) is 5.02 Å². The van der Waals surface area contributed by atoms with Crippen LogP contribution in [0.4, 0.5) is 5.69 Å². The summed E-state index contributed by atoms with van der Waals surface area (Å²) in [5.41, 5.74) is 0.742. The van der Waals surface area contributed by atoms with Crippen molar-refractivity contribution < 1.29 is 5.11 Å². The molecule has 2 nitrogen and oxygen atoms in total. The Morgan fingerprint density at radius 3 is 2.83 bits per heavy atom. The normalized spacial score (nSPS) is 28.1. The molecule has 3 heteroatoms. The third-order valence-corrected chi connectivity index (χ3v) is 4.57. The van der Waals surface area contributed by atoms with Gasteiger partial charge in [0.15, 0.2) is 0 Å². The lowest BCUT2D eigenvalue weighted by atomic mass is 9.71. The Morgan fingerprint density at radius 1 is 1.39 bits per heavy atom. The number of rotatable bonds is 4. The molecule has 2 atom stereocenters. The van der Waals surface area contributed by atoms with Crippen LogP contribution < -0.4 is 5.32 Å². The first kappa shape index (κ1) is 13.7. The van der Waals surface area contributed by atoms with E-state index in [-0.39, 0.29) is 12.1 Å². The second kappa shape index (κ2) is 5.94. The Balaban J connectivity index is 2.24. The van der Waals surface area contributed by atoms with Crippen LogP contribution in [0.5, 0.6) is 0 Å². The molecule has 0 saturated heterocycles. The van der Waals surface area contributed by atoms with Crippen LogP contribution in [0.25, 0.3) is 0 Å². The van der Waals surface area contributed by atoms with Gasteiger partial charge in [-0.05, 0) is 30.9 Å². The zero-order chi connectivity index (χ0) is 13.0. The van der Waals surface area contributed by atoms with Crippen molar-refractivity contribution in [2.24, 2.45) is 5.92 Å². The summed E-state index contributed by atoms with van der Waals surface area (Å²) in [5.74, 6) is 0.521. The number of hydrogen-bond acceptors (Lipinski definition) is 2. The molecule has 1 aliphatic rings. The standard InChI is InChI=1S/C15H22ClNO/c1-2-12-7-5-6-10-15(12,11-18)17-14-9-4-3-8-13(14)16/h3-4,8-9,12,17-18H,2,5-7,10-11H2,1H3. The van der Waals surface area contributed by atoms with Gasteiger partial charge >= 0.3 is 0 Å². The van der Waals surface area contributed by atoms with Gasteiger partial charge in [-0.15, -0.1) is 0 Å². The number of benzene rings is 1. The molecule has 2 rings (SSSR count). The molecule has 0 heterocycles. The van der Waals surface area contributed by atoms with Crippen LogP contribution in [0, 0.1) is 5.92 Å². The van der Waals surface area contributed by atoms with Gasteiger partial charge in [-0.1, -0.05) is 49.9 Å². The first-order valence-electron chi connectivity index (χ1n) is 6.85. The Hall–Kier alpha value is -0.730. The van der Waals surface area contributed by atoms with Crippen molar-refractivity contribution in [1.29, 1.82) is 0 Å². The fourth-order valence-corrected chi connectivity index (χ4v) is 3.33. The summed E-state index contributed by atoms with van der Waals surface area (Å²) in [5, 5.41) is 14.1. The van der Waals surface area contributed by atoms with E-state index >= 15 is 0 Å². The molecule has 100 valence electrons. The van der Waals surface area contributed by atoms with E-state index in [1.165, 1.54) is 19.3 Å². The Kier molecular flexibility index (Phi) is 4.52. The van der Waals surface area contributed by atoms with Gasteiger partial charge in [0.2, 0.25) is 0 Å². The van der Waals surface area contributed by atoms with Gasteiger partial charge in [-0.25, -0.2) is 0 Å². The molecular weight excluding hydrogens is 246 g/mol. The van der Waals surface area contributed by atoms with Crippen molar-refractivity contribution in [2.45, 2.75) is 44.6 Å².